The van der Waals surface area contributed by atoms with Crippen LogP contribution < -0.4 is 10.1 Å². The molecule has 0 saturated carbocycles. The van der Waals surface area contributed by atoms with Crippen molar-refractivity contribution in [1.82, 2.24) is 5.32 Å². The Morgan fingerprint density at radius 1 is 1.39 bits per heavy atom. The van der Waals surface area contributed by atoms with Crippen molar-refractivity contribution in [2.45, 2.75) is 26.1 Å². The van der Waals surface area contributed by atoms with Crippen LogP contribution in [0.3, 0.4) is 0 Å². The topological polar surface area (TPSA) is 58.6 Å². The zero-order valence-corrected chi connectivity index (χ0v) is 9.90. The molecule has 1 amide bonds. The van der Waals surface area contributed by atoms with E-state index in [4.69, 9.17) is 5.11 Å². The monoisotopic (exact) mass is 259 g/mol. The number of hydrogen-bond acceptors (Lipinski definition) is 3. The summed E-state index contributed by atoms with van der Waals surface area (Å²) in [6.07, 6.45) is -0.0229. The van der Waals surface area contributed by atoms with E-state index < -0.39 is 12.7 Å². The van der Waals surface area contributed by atoms with E-state index in [1.54, 1.807) is 6.92 Å². The molecule has 0 aromatic heterocycles. The number of aliphatic hydroxyl groups excluding tert-OH is 1. The minimum atomic E-state index is -2.88. The summed E-state index contributed by atoms with van der Waals surface area (Å²) < 4.78 is 28.0. The van der Waals surface area contributed by atoms with Gasteiger partial charge in [0.25, 0.3) is 5.91 Å². The van der Waals surface area contributed by atoms with E-state index in [2.05, 4.69) is 10.1 Å². The molecule has 6 heteroatoms. The fraction of sp³-hybridized carbons (Fsp3) is 0.417. The number of ether oxygens (including phenoxy) is 1. The van der Waals surface area contributed by atoms with Gasteiger partial charge >= 0.3 is 6.61 Å². The van der Waals surface area contributed by atoms with Crippen LogP contribution in [0.5, 0.6) is 5.75 Å². The van der Waals surface area contributed by atoms with Crippen molar-refractivity contribution in [2.24, 2.45) is 0 Å². The maximum absolute atomic E-state index is 11.9. The van der Waals surface area contributed by atoms with Gasteiger partial charge in [0.05, 0.1) is 6.10 Å². The second-order valence-corrected chi connectivity index (χ2v) is 3.80. The molecule has 0 spiro atoms. The van der Waals surface area contributed by atoms with Gasteiger partial charge in [0, 0.05) is 12.1 Å². The molecule has 0 aliphatic rings. The van der Waals surface area contributed by atoms with E-state index in [-0.39, 0.29) is 11.7 Å². The molecule has 0 bridgehead atoms. The van der Waals surface area contributed by atoms with Crippen molar-refractivity contribution in [2.75, 3.05) is 6.54 Å². The van der Waals surface area contributed by atoms with Gasteiger partial charge in [-0.15, -0.1) is 0 Å². The van der Waals surface area contributed by atoms with Gasteiger partial charge in [0.1, 0.15) is 5.75 Å². The maximum atomic E-state index is 11.9. The lowest BCUT2D eigenvalue weighted by Gasteiger charge is -2.08. The number of aliphatic hydroxyl groups is 1. The fourth-order valence-electron chi connectivity index (χ4n) is 1.28. The molecule has 1 rings (SSSR count). The number of rotatable bonds is 6. The average Bonchev–Trinajstić information content (AvgIpc) is 2.28. The standard InChI is InChI=1S/C12H15F2NO3/c1-8(16)6-7-15-11(17)9-2-4-10(5-3-9)18-12(13)14/h2-5,8,12,16H,6-7H2,1H3,(H,15,17). The van der Waals surface area contributed by atoms with Crippen LogP contribution in [-0.2, 0) is 0 Å². The summed E-state index contributed by atoms with van der Waals surface area (Å²) in [4.78, 5) is 11.6. The van der Waals surface area contributed by atoms with Crippen LogP contribution >= 0.6 is 0 Å². The van der Waals surface area contributed by atoms with Crippen molar-refractivity contribution < 1.29 is 23.4 Å². The van der Waals surface area contributed by atoms with Crippen LogP contribution in [-0.4, -0.2) is 30.3 Å². The molecule has 1 aromatic carbocycles. The summed E-state index contributed by atoms with van der Waals surface area (Å²) >= 11 is 0. The molecule has 0 aliphatic heterocycles. The first-order valence-corrected chi connectivity index (χ1v) is 5.50. The lowest BCUT2D eigenvalue weighted by atomic mass is 10.2. The summed E-state index contributed by atoms with van der Waals surface area (Å²) in [6.45, 7) is -0.898. The molecule has 1 aromatic rings. The number of carbonyl (C=O) groups is 1. The fourth-order valence-corrected chi connectivity index (χ4v) is 1.28. The molecular weight excluding hydrogens is 244 g/mol. The third-order valence-electron chi connectivity index (χ3n) is 2.19. The van der Waals surface area contributed by atoms with E-state index in [1.165, 1.54) is 24.3 Å². The van der Waals surface area contributed by atoms with Crippen molar-refractivity contribution >= 4 is 5.91 Å². The molecule has 0 fully saturated rings. The van der Waals surface area contributed by atoms with Crippen molar-refractivity contribution in [3.05, 3.63) is 29.8 Å². The highest BCUT2D eigenvalue weighted by Gasteiger charge is 2.07. The number of hydrogen-bond donors (Lipinski definition) is 2. The first kappa shape index (κ1) is 14.4. The molecular formula is C12H15F2NO3. The molecule has 1 unspecified atom stereocenters. The number of nitrogens with one attached hydrogen (secondary N) is 1. The average molecular weight is 259 g/mol. The third kappa shape index (κ3) is 5.09. The number of carbonyl (C=O) groups excluding carboxylic acids is 1. The molecule has 0 aliphatic carbocycles. The molecule has 0 heterocycles. The van der Waals surface area contributed by atoms with Crippen LogP contribution in [0, 0.1) is 0 Å². The second kappa shape index (κ2) is 6.90. The molecule has 0 radical (unpaired) electrons. The first-order chi connectivity index (χ1) is 8.49. The SMILES string of the molecule is CC(O)CCNC(=O)c1ccc(OC(F)F)cc1. The zero-order chi connectivity index (χ0) is 13.5. The Labute approximate surface area is 104 Å². The molecule has 100 valence electrons. The summed E-state index contributed by atoms with van der Waals surface area (Å²) in [6, 6.07) is 5.40. The normalized spacial score (nSPS) is 12.3. The zero-order valence-electron chi connectivity index (χ0n) is 9.90. The smallest absolute Gasteiger partial charge is 0.387 e. The Morgan fingerprint density at radius 3 is 2.50 bits per heavy atom. The number of amides is 1. The minimum absolute atomic E-state index is 0.00512. The molecule has 0 saturated heterocycles. The van der Waals surface area contributed by atoms with E-state index in [9.17, 15) is 13.6 Å². The molecule has 1 atom stereocenters. The summed E-state index contributed by atoms with van der Waals surface area (Å²) in [5.74, 6) is -0.315. The Balaban J connectivity index is 2.48. The molecule has 2 N–H and O–H groups in total. The van der Waals surface area contributed by atoms with Gasteiger partial charge in [0.2, 0.25) is 0 Å². The largest absolute Gasteiger partial charge is 0.435 e. The van der Waals surface area contributed by atoms with E-state index in [0.717, 1.165) is 0 Å². The third-order valence-corrected chi connectivity index (χ3v) is 2.19. The van der Waals surface area contributed by atoms with Crippen LogP contribution in [0.15, 0.2) is 24.3 Å². The van der Waals surface area contributed by atoms with E-state index >= 15 is 0 Å². The molecule has 18 heavy (non-hydrogen) atoms. The van der Waals surface area contributed by atoms with Gasteiger partial charge in [0.15, 0.2) is 0 Å². The Hall–Kier alpha value is -1.69. The van der Waals surface area contributed by atoms with Crippen LogP contribution in [0.2, 0.25) is 0 Å². The van der Waals surface area contributed by atoms with Gasteiger partial charge in [-0.1, -0.05) is 0 Å². The first-order valence-electron chi connectivity index (χ1n) is 5.50. The number of halogens is 2. The van der Waals surface area contributed by atoms with Crippen molar-refractivity contribution in [3.8, 4) is 5.75 Å². The second-order valence-electron chi connectivity index (χ2n) is 3.80. The summed E-state index contributed by atoms with van der Waals surface area (Å²) in [5, 5.41) is 11.6. The highest BCUT2D eigenvalue weighted by Crippen LogP contribution is 2.14. The van der Waals surface area contributed by atoms with Crippen LogP contribution in [0.4, 0.5) is 8.78 Å². The Bertz CT molecular complexity index is 379. The highest BCUT2D eigenvalue weighted by atomic mass is 19.3. The predicted octanol–water partition coefficient (Wildman–Crippen LogP) is 1.79. The van der Waals surface area contributed by atoms with Gasteiger partial charge in [-0.05, 0) is 37.6 Å². The van der Waals surface area contributed by atoms with E-state index in [1.807, 2.05) is 0 Å². The maximum Gasteiger partial charge on any atom is 0.387 e. The van der Waals surface area contributed by atoms with Gasteiger partial charge in [-0.2, -0.15) is 8.78 Å². The lowest BCUT2D eigenvalue weighted by molar-refractivity contribution is -0.0498. The van der Waals surface area contributed by atoms with Gasteiger partial charge in [-0.3, -0.25) is 4.79 Å². The van der Waals surface area contributed by atoms with Crippen molar-refractivity contribution in [1.29, 1.82) is 0 Å². The number of alkyl halides is 2. The lowest BCUT2D eigenvalue weighted by Crippen LogP contribution is -2.26. The highest BCUT2D eigenvalue weighted by molar-refractivity contribution is 5.94. The summed E-state index contributed by atoms with van der Waals surface area (Å²) in [7, 11) is 0. The Morgan fingerprint density at radius 2 is 2.00 bits per heavy atom. The van der Waals surface area contributed by atoms with Gasteiger partial charge in [-0.25, -0.2) is 0 Å². The van der Waals surface area contributed by atoms with Crippen LogP contribution in [0.1, 0.15) is 23.7 Å². The Kier molecular flexibility index (Phi) is 5.51. The quantitative estimate of drug-likeness (QED) is 0.818. The minimum Gasteiger partial charge on any atom is -0.435 e. The number of benzene rings is 1. The predicted molar refractivity (Wildman–Crippen MR) is 61.7 cm³/mol. The molecule has 4 nitrogen and oxygen atoms in total. The van der Waals surface area contributed by atoms with Crippen LogP contribution in [0.25, 0.3) is 0 Å². The van der Waals surface area contributed by atoms with Crippen molar-refractivity contribution in [3.63, 3.8) is 0 Å². The summed E-state index contributed by atoms with van der Waals surface area (Å²) in [5.41, 5.74) is 0.349. The van der Waals surface area contributed by atoms with Gasteiger partial charge < -0.3 is 15.2 Å². The van der Waals surface area contributed by atoms with E-state index in [0.29, 0.717) is 18.5 Å².